The fourth-order valence-corrected chi connectivity index (χ4v) is 1.90. The minimum atomic E-state index is -0.199. The van der Waals surface area contributed by atoms with Crippen LogP contribution in [0.4, 0.5) is 0 Å². The molecule has 1 aromatic carbocycles. The number of nitrogens with zero attached hydrogens (tertiary/aromatic N) is 1. The Hall–Kier alpha value is -1.84. The van der Waals surface area contributed by atoms with Gasteiger partial charge in [-0.1, -0.05) is 37.3 Å². The zero-order chi connectivity index (χ0) is 15.0. The molecule has 0 unspecified atom stereocenters. The maximum atomic E-state index is 12.2. The predicted molar refractivity (Wildman–Crippen MR) is 80.0 cm³/mol. The van der Waals surface area contributed by atoms with Crippen molar-refractivity contribution in [3.63, 3.8) is 0 Å². The molecule has 0 aliphatic carbocycles. The normalized spacial score (nSPS) is 10.4. The smallest absolute Gasteiger partial charge is 0.232 e. The van der Waals surface area contributed by atoms with Crippen molar-refractivity contribution in [1.29, 1.82) is 0 Å². The van der Waals surface area contributed by atoms with Crippen molar-refractivity contribution in [3.8, 4) is 0 Å². The first kappa shape index (κ1) is 16.2. The highest BCUT2D eigenvalue weighted by molar-refractivity contribution is 5.96. The molecule has 0 saturated heterocycles. The lowest BCUT2D eigenvalue weighted by Gasteiger charge is -2.26. The second-order valence-electron chi connectivity index (χ2n) is 5.13. The molecule has 4 nitrogen and oxygen atoms in total. The molecule has 0 radical (unpaired) electrons. The average Bonchev–Trinajstić information content (AvgIpc) is 2.43. The minimum absolute atomic E-state index is 0.0710. The highest BCUT2D eigenvalue weighted by atomic mass is 16.2. The van der Waals surface area contributed by atoms with Crippen LogP contribution in [0.3, 0.4) is 0 Å². The Morgan fingerprint density at radius 3 is 2.40 bits per heavy atom. The van der Waals surface area contributed by atoms with E-state index in [9.17, 15) is 9.59 Å². The zero-order valence-corrected chi connectivity index (χ0v) is 12.6. The highest BCUT2D eigenvalue weighted by Crippen LogP contribution is 2.09. The lowest BCUT2D eigenvalue weighted by molar-refractivity contribution is -0.137. The van der Waals surface area contributed by atoms with Crippen LogP contribution in [0.1, 0.15) is 39.2 Å². The van der Waals surface area contributed by atoms with E-state index in [0.29, 0.717) is 13.1 Å². The Balaban J connectivity index is 2.61. The van der Waals surface area contributed by atoms with Crippen LogP contribution in [-0.4, -0.2) is 29.3 Å². The maximum Gasteiger partial charge on any atom is 0.232 e. The van der Waals surface area contributed by atoms with Crippen LogP contribution in [0, 0.1) is 0 Å². The van der Waals surface area contributed by atoms with Gasteiger partial charge in [0.25, 0.3) is 0 Å². The van der Waals surface area contributed by atoms with E-state index in [0.717, 1.165) is 12.0 Å². The van der Waals surface area contributed by atoms with Gasteiger partial charge in [0.1, 0.15) is 6.42 Å². The summed E-state index contributed by atoms with van der Waals surface area (Å²) in [5.41, 5.74) is 1.07. The summed E-state index contributed by atoms with van der Waals surface area (Å²) in [4.78, 5) is 25.6. The Bertz CT molecular complexity index is 429. The van der Waals surface area contributed by atoms with Crippen LogP contribution in [-0.2, 0) is 16.1 Å². The summed E-state index contributed by atoms with van der Waals surface area (Å²) < 4.78 is 0. The molecule has 0 spiro atoms. The Kier molecular flexibility index (Phi) is 6.77. The lowest BCUT2D eigenvalue weighted by Crippen LogP contribution is -2.39. The quantitative estimate of drug-likeness (QED) is 0.777. The Labute approximate surface area is 121 Å². The standard InChI is InChI=1S/C16H24N2O2/c1-4-10-17-15(19)11-16(20)18(13(2)3)12-14-8-6-5-7-9-14/h5-9,13H,4,10-12H2,1-3H3,(H,17,19). The molecule has 20 heavy (non-hydrogen) atoms. The van der Waals surface area contributed by atoms with E-state index in [4.69, 9.17) is 0 Å². The van der Waals surface area contributed by atoms with Crippen molar-refractivity contribution in [2.24, 2.45) is 0 Å². The third-order valence-electron chi connectivity index (χ3n) is 3.02. The molecule has 0 aliphatic rings. The number of hydrogen-bond acceptors (Lipinski definition) is 2. The second-order valence-corrected chi connectivity index (χ2v) is 5.13. The van der Waals surface area contributed by atoms with Crippen molar-refractivity contribution in [2.75, 3.05) is 6.54 Å². The van der Waals surface area contributed by atoms with Gasteiger partial charge < -0.3 is 10.2 Å². The molecular formula is C16H24N2O2. The SMILES string of the molecule is CCCNC(=O)CC(=O)N(Cc1ccccc1)C(C)C. The van der Waals surface area contributed by atoms with Gasteiger partial charge in [0.05, 0.1) is 0 Å². The van der Waals surface area contributed by atoms with Gasteiger partial charge in [-0.05, 0) is 25.8 Å². The molecule has 0 aromatic heterocycles. The summed E-state index contributed by atoms with van der Waals surface area (Å²) in [5, 5.41) is 2.73. The third-order valence-corrected chi connectivity index (χ3v) is 3.02. The zero-order valence-electron chi connectivity index (χ0n) is 12.6. The molecule has 110 valence electrons. The van der Waals surface area contributed by atoms with Crippen LogP contribution >= 0.6 is 0 Å². The van der Waals surface area contributed by atoms with Crippen molar-refractivity contribution in [3.05, 3.63) is 35.9 Å². The van der Waals surface area contributed by atoms with Gasteiger partial charge in [0.15, 0.2) is 0 Å². The molecule has 0 saturated carbocycles. The molecule has 2 amide bonds. The lowest BCUT2D eigenvalue weighted by atomic mass is 10.1. The number of rotatable bonds is 7. The number of carbonyl (C=O) groups excluding carboxylic acids is 2. The number of nitrogens with one attached hydrogen (secondary N) is 1. The molecule has 1 aromatic rings. The van der Waals surface area contributed by atoms with Gasteiger partial charge in [0.2, 0.25) is 11.8 Å². The van der Waals surface area contributed by atoms with Gasteiger partial charge in [-0.2, -0.15) is 0 Å². The van der Waals surface area contributed by atoms with E-state index < -0.39 is 0 Å². The van der Waals surface area contributed by atoms with Crippen molar-refractivity contribution in [1.82, 2.24) is 10.2 Å². The molecule has 1 rings (SSSR count). The summed E-state index contributed by atoms with van der Waals surface area (Å²) >= 11 is 0. The van der Waals surface area contributed by atoms with E-state index >= 15 is 0 Å². The van der Waals surface area contributed by atoms with Gasteiger partial charge in [-0.15, -0.1) is 0 Å². The molecule has 0 heterocycles. The van der Waals surface area contributed by atoms with Gasteiger partial charge in [-0.3, -0.25) is 9.59 Å². The molecule has 1 N–H and O–H groups in total. The van der Waals surface area contributed by atoms with Crippen LogP contribution in [0.5, 0.6) is 0 Å². The summed E-state index contributed by atoms with van der Waals surface area (Å²) in [6.07, 6.45) is 0.794. The first-order valence-electron chi connectivity index (χ1n) is 7.14. The number of amides is 2. The van der Waals surface area contributed by atoms with Crippen molar-refractivity contribution < 1.29 is 9.59 Å². The summed E-state index contributed by atoms with van der Waals surface area (Å²) in [7, 11) is 0. The fourth-order valence-electron chi connectivity index (χ4n) is 1.90. The highest BCUT2D eigenvalue weighted by Gasteiger charge is 2.19. The van der Waals surface area contributed by atoms with Crippen LogP contribution in [0.15, 0.2) is 30.3 Å². The first-order chi connectivity index (χ1) is 9.54. The van der Waals surface area contributed by atoms with E-state index in [2.05, 4.69) is 5.32 Å². The maximum absolute atomic E-state index is 12.2. The Morgan fingerprint density at radius 2 is 1.85 bits per heavy atom. The van der Waals surface area contributed by atoms with E-state index in [1.807, 2.05) is 51.1 Å². The molecule has 4 heteroatoms. The average molecular weight is 276 g/mol. The molecule has 0 aliphatic heterocycles. The monoisotopic (exact) mass is 276 g/mol. The fraction of sp³-hybridized carbons (Fsp3) is 0.500. The van der Waals surface area contributed by atoms with E-state index in [1.165, 1.54) is 0 Å². The number of hydrogen-bond donors (Lipinski definition) is 1. The van der Waals surface area contributed by atoms with E-state index in [1.54, 1.807) is 4.90 Å². The van der Waals surface area contributed by atoms with Crippen LogP contribution in [0.25, 0.3) is 0 Å². The minimum Gasteiger partial charge on any atom is -0.356 e. The second kappa shape index (κ2) is 8.35. The Morgan fingerprint density at radius 1 is 1.20 bits per heavy atom. The first-order valence-corrected chi connectivity index (χ1v) is 7.14. The van der Waals surface area contributed by atoms with Crippen molar-refractivity contribution in [2.45, 2.75) is 46.2 Å². The van der Waals surface area contributed by atoms with Gasteiger partial charge in [0, 0.05) is 19.1 Å². The van der Waals surface area contributed by atoms with Crippen molar-refractivity contribution >= 4 is 11.8 Å². The topological polar surface area (TPSA) is 49.4 Å². The van der Waals surface area contributed by atoms with Crippen LogP contribution in [0.2, 0.25) is 0 Å². The summed E-state index contributed by atoms with van der Waals surface area (Å²) in [6.45, 7) is 7.07. The third kappa shape index (κ3) is 5.43. The van der Waals surface area contributed by atoms with Gasteiger partial charge in [-0.25, -0.2) is 0 Å². The van der Waals surface area contributed by atoms with E-state index in [-0.39, 0.29) is 24.3 Å². The number of benzene rings is 1. The molecule has 0 atom stereocenters. The molecular weight excluding hydrogens is 252 g/mol. The van der Waals surface area contributed by atoms with Crippen LogP contribution < -0.4 is 5.32 Å². The van der Waals surface area contributed by atoms with Gasteiger partial charge >= 0.3 is 0 Å². The molecule has 0 bridgehead atoms. The molecule has 0 fully saturated rings. The predicted octanol–water partition coefficient (Wildman–Crippen LogP) is 2.34. The summed E-state index contributed by atoms with van der Waals surface area (Å²) in [5.74, 6) is -0.326. The largest absolute Gasteiger partial charge is 0.356 e. The number of carbonyl (C=O) groups is 2. The summed E-state index contributed by atoms with van der Waals surface area (Å²) in [6, 6.07) is 9.89.